The van der Waals surface area contributed by atoms with Crippen molar-refractivity contribution >= 4 is 17.4 Å². The second kappa shape index (κ2) is 6.21. The molecule has 0 saturated carbocycles. The summed E-state index contributed by atoms with van der Waals surface area (Å²) in [5.74, 6) is 0.0809. The van der Waals surface area contributed by atoms with Crippen molar-refractivity contribution in [1.29, 1.82) is 0 Å². The number of nitrogens with two attached hydrogens (primary N) is 1. The maximum atomic E-state index is 12.2. The Balaban J connectivity index is 2.17. The molecule has 6 heteroatoms. The van der Waals surface area contributed by atoms with Crippen LogP contribution in [0.3, 0.4) is 0 Å². The molecule has 0 saturated heterocycles. The molecule has 106 valence electrons. The predicted octanol–water partition coefficient (Wildman–Crippen LogP) is 1.44. The lowest BCUT2D eigenvalue weighted by Gasteiger charge is -2.10. The number of aromatic nitrogens is 2. The minimum atomic E-state index is -0.263. The van der Waals surface area contributed by atoms with Gasteiger partial charge in [-0.15, -0.1) is 0 Å². The highest BCUT2D eigenvalue weighted by atomic mass is 16.5. The number of para-hydroxylation sites is 1. The fourth-order valence-corrected chi connectivity index (χ4v) is 1.88. The molecule has 0 radical (unpaired) electrons. The van der Waals surface area contributed by atoms with Gasteiger partial charge in [0.1, 0.15) is 11.4 Å². The van der Waals surface area contributed by atoms with Crippen molar-refractivity contribution in [2.45, 2.75) is 6.42 Å². The zero-order valence-corrected chi connectivity index (χ0v) is 11.6. The highest BCUT2D eigenvalue weighted by molar-refractivity contribution is 6.07. The lowest BCUT2D eigenvalue weighted by atomic mass is 10.1. The van der Waals surface area contributed by atoms with Gasteiger partial charge in [-0.25, -0.2) is 0 Å². The number of nitrogens with zero attached hydrogens (tertiary/aromatic N) is 2. The Morgan fingerprint density at radius 2 is 2.20 bits per heavy atom. The molecule has 1 heterocycles. The summed E-state index contributed by atoms with van der Waals surface area (Å²) in [5, 5.41) is 6.82. The Kier molecular flexibility index (Phi) is 4.37. The van der Waals surface area contributed by atoms with Gasteiger partial charge < -0.3 is 15.8 Å². The number of aryl methyl sites for hydroxylation is 1. The molecule has 0 aliphatic heterocycles. The number of methoxy groups -OCH3 is 1. The van der Waals surface area contributed by atoms with Crippen LogP contribution in [-0.4, -0.2) is 29.4 Å². The standard InChI is InChI=1S/C14H18N4O2/c1-18-13(15)11(9-16-18)14(19)17-12-6-4-3-5-10(12)7-8-20-2/h3-6,9H,7-8,15H2,1-2H3,(H,17,19). The van der Waals surface area contributed by atoms with E-state index in [1.807, 2.05) is 24.3 Å². The summed E-state index contributed by atoms with van der Waals surface area (Å²) >= 11 is 0. The van der Waals surface area contributed by atoms with E-state index in [4.69, 9.17) is 10.5 Å². The van der Waals surface area contributed by atoms with Crippen molar-refractivity contribution in [3.8, 4) is 0 Å². The third-order valence-electron chi connectivity index (χ3n) is 3.07. The van der Waals surface area contributed by atoms with Crippen LogP contribution < -0.4 is 11.1 Å². The molecule has 2 aromatic rings. The third-order valence-corrected chi connectivity index (χ3v) is 3.07. The van der Waals surface area contributed by atoms with Crippen molar-refractivity contribution in [2.75, 3.05) is 24.8 Å². The van der Waals surface area contributed by atoms with Gasteiger partial charge in [0.15, 0.2) is 0 Å². The molecule has 0 aliphatic carbocycles. The highest BCUT2D eigenvalue weighted by Gasteiger charge is 2.14. The highest BCUT2D eigenvalue weighted by Crippen LogP contribution is 2.18. The Morgan fingerprint density at radius 3 is 2.85 bits per heavy atom. The first-order chi connectivity index (χ1) is 9.63. The lowest BCUT2D eigenvalue weighted by molar-refractivity contribution is 0.102. The maximum absolute atomic E-state index is 12.2. The summed E-state index contributed by atoms with van der Waals surface area (Å²) < 4.78 is 6.53. The number of benzene rings is 1. The molecule has 1 amide bonds. The van der Waals surface area contributed by atoms with Gasteiger partial charge in [-0.2, -0.15) is 5.10 Å². The Bertz CT molecular complexity index is 607. The molecule has 0 aliphatic rings. The largest absolute Gasteiger partial charge is 0.384 e. The summed E-state index contributed by atoms with van der Waals surface area (Å²) in [6, 6.07) is 7.62. The van der Waals surface area contributed by atoms with Gasteiger partial charge in [0.05, 0.1) is 12.8 Å². The number of amides is 1. The summed E-state index contributed by atoms with van der Waals surface area (Å²) in [5.41, 5.74) is 7.95. The van der Waals surface area contributed by atoms with E-state index in [0.29, 0.717) is 18.0 Å². The molecular formula is C14H18N4O2. The van der Waals surface area contributed by atoms with Crippen LogP contribution in [0.1, 0.15) is 15.9 Å². The van der Waals surface area contributed by atoms with Crippen molar-refractivity contribution in [1.82, 2.24) is 9.78 Å². The van der Waals surface area contributed by atoms with Crippen molar-refractivity contribution in [3.05, 3.63) is 41.6 Å². The molecule has 2 rings (SSSR count). The Labute approximate surface area is 117 Å². The molecular weight excluding hydrogens is 256 g/mol. The van der Waals surface area contributed by atoms with Crippen molar-refractivity contribution < 1.29 is 9.53 Å². The van der Waals surface area contributed by atoms with Gasteiger partial charge >= 0.3 is 0 Å². The van der Waals surface area contributed by atoms with E-state index in [1.165, 1.54) is 10.9 Å². The number of ether oxygens (including phenoxy) is 1. The zero-order chi connectivity index (χ0) is 14.5. The molecule has 1 aromatic carbocycles. The average Bonchev–Trinajstić information content (AvgIpc) is 2.78. The number of hydrogen-bond donors (Lipinski definition) is 2. The van der Waals surface area contributed by atoms with Gasteiger partial charge in [-0.1, -0.05) is 18.2 Å². The first kappa shape index (κ1) is 14.1. The van der Waals surface area contributed by atoms with E-state index >= 15 is 0 Å². The monoisotopic (exact) mass is 274 g/mol. The molecule has 1 aromatic heterocycles. The van der Waals surface area contributed by atoms with E-state index in [9.17, 15) is 4.79 Å². The van der Waals surface area contributed by atoms with Crippen molar-refractivity contribution in [2.24, 2.45) is 7.05 Å². The molecule has 0 bridgehead atoms. The van der Waals surface area contributed by atoms with Crippen LogP contribution in [0.15, 0.2) is 30.5 Å². The van der Waals surface area contributed by atoms with Gasteiger partial charge in [-0.05, 0) is 18.1 Å². The second-order valence-corrected chi connectivity index (χ2v) is 4.42. The lowest BCUT2D eigenvalue weighted by Crippen LogP contribution is -2.15. The first-order valence-corrected chi connectivity index (χ1v) is 6.29. The summed E-state index contributed by atoms with van der Waals surface area (Å²) in [6.45, 7) is 0.599. The van der Waals surface area contributed by atoms with Crippen LogP contribution in [0.5, 0.6) is 0 Å². The normalized spacial score (nSPS) is 10.5. The number of rotatable bonds is 5. The van der Waals surface area contributed by atoms with Gasteiger partial charge in [0.2, 0.25) is 0 Å². The van der Waals surface area contributed by atoms with Crippen LogP contribution in [-0.2, 0) is 18.2 Å². The van der Waals surface area contributed by atoms with Crippen LogP contribution in [0, 0.1) is 0 Å². The zero-order valence-electron chi connectivity index (χ0n) is 11.6. The topological polar surface area (TPSA) is 82.2 Å². The van der Waals surface area contributed by atoms with E-state index in [-0.39, 0.29) is 5.91 Å². The van der Waals surface area contributed by atoms with E-state index in [0.717, 1.165) is 17.7 Å². The molecule has 3 N–H and O–H groups in total. The minimum absolute atomic E-state index is 0.263. The predicted molar refractivity (Wildman–Crippen MR) is 77.6 cm³/mol. The minimum Gasteiger partial charge on any atom is -0.384 e. The van der Waals surface area contributed by atoms with Crippen LogP contribution in [0.2, 0.25) is 0 Å². The number of hydrogen-bond acceptors (Lipinski definition) is 4. The number of carbonyl (C=O) groups is 1. The number of nitrogen functional groups attached to an aromatic ring is 1. The Hall–Kier alpha value is -2.34. The van der Waals surface area contributed by atoms with E-state index in [1.54, 1.807) is 14.2 Å². The van der Waals surface area contributed by atoms with Crippen LogP contribution in [0.25, 0.3) is 0 Å². The van der Waals surface area contributed by atoms with Gasteiger partial charge in [0.25, 0.3) is 5.91 Å². The summed E-state index contributed by atoms with van der Waals surface area (Å²) in [7, 11) is 3.34. The van der Waals surface area contributed by atoms with E-state index in [2.05, 4.69) is 10.4 Å². The van der Waals surface area contributed by atoms with E-state index < -0.39 is 0 Å². The average molecular weight is 274 g/mol. The third kappa shape index (κ3) is 2.97. The fourth-order valence-electron chi connectivity index (χ4n) is 1.88. The number of nitrogens with one attached hydrogen (secondary N) is 1. The van der Waals surface area contributed by atoms with Crippen LogP contribution in [0.4, 0.5) is 11.5 Å². The molecule has 0 atom stereocenters. The smallest absolute Gasteiger partial charge is 0.261 e. The quantitative estimate of drug-likeness (QED) is 0.864. The molecule has 0 unspecified atom stereocenters. The maximum Gasteiger partial charge on any atom is 0.261 e. The van der Waals surface area contributed by atoms with Crippen molar-refractivity contribution in [3.63, 3.8) is 0 Å². The Morgan fingerprint density at radius 1 is 1.45 bits per heavy atom. The summed E-state index contributed by atoms with van der Waals surface area (Å²) in [6.07, 6.45) is 2.19. The molecule has 0 spiro atoms. The first-order valence-electron chi connectivity index (χ1n) is 6.29. The summed E-state index contributed by atoms with van der Waals surface area (Å²) in [4.78, 5) is 12.2. The molecule has 20 heavy (non-hydrogen) atoms. The fraction of sp³-hybridized carbons (Fsp3) is 0.286. The van der Waals surface area contributed by atoms with Gasteiger partial charge in [-0.3, -0.25) is 9.48 Å². The number of anilines is 2. The SMILES string of the molecule is COCCc1ccccc1NC(=O)c1cnn(C)c1N. The second-order valence-electron chi connectivity index (χ2n) is 4.42. The molecule has 0 fully saturated rings. The molecule has 6 nitrogen and oxygen atoms in total. The van der Waals surface area contributed by atoms with Crippen LogP contribution >= 0.6 is 0 Å². The van der Waals surface area contributed by atoms with Gasteiger partial charge in [0, 0.05) is 19.8 Å². The number of carbonyl (C=O) groups excluding carboxylic acids is 1.